The van der Waals surface area contributed by atoms with Crippen LogP contribution in [0.3, 0.4) is 0 Å². The Morgan fingerprint density at radius 2 is 2.12 bits per heavy atom. The first kappa shape index (κ1) is 13.4. The van der Waals surface area contributed by atoms with E-state index in [1.165, 1.54) is 17.6 Å². The highest BCUT2D eigenvalue weighted by atomic mass is 79.9. The van der Waals surface area contributed by atoms with Crippen molar-refractivity contribution in [1.82, 2.24) is 0 Å². The van der Waals surface area contributed by atoms with Crippen LogP contribution < -0.4 is 0 Å². The highest BCUT2D eigenvalue weighted by Crippen LogP contribution is 2.61. The molecule has 0 aliphatic heterocycles. The second kappa shape index (κ2) is 4.24. The summed E-state index contributed by atoms with van der Waals surface area (Å²) in [6, 6.07) is 0. The van der Waals surface area contributed by atoms with Crippen molar-refractivity contribution in [3.63, 3.8) is 0 Å². The maximum Gasteiger partial charge on any atom is 0.0707 e. The Morgan fingerprint density at radius 3 is 2.65 bits per heavy atom. The monoisotopic (exact) mass is 298 g/mol. The topological polar surface area (TPSA) is 20.2 Å². The molecule has 0 heterocycles. The molecule has 2 heteroatoms. The predicted octanol–water partition coefficient (Wildman–Crippen LogP) is 4.21. The van der Waals surface area contributed by atoms with Gasteiger partial charge in [0.15, 0.2) is 0 Å². The van der Waals surface area contributed by atoms with E-state index in [0.29, 0.717) is 0 Å². The van der Waals surface area contributed by atoms with Crippen molar-refractivity contribution in [2.75, 3.05) is 0 Å². The standard InChI is InChI=1S/C15H23BrO/c1-10-5-7-15(8-6-10)11(2)9-12(17)13(16)14(15,3)4/h5,12-13,17H,2,6-9H2,1,3-4H3/t12-,13-,15-/m0/s1. The molecule has 1 saturated carbocycles. The van der Waals surface area contributed by atoms with Crippen LogP contribution in [0.5, 0.6) is 0 Å². The summed E-state index contributed by atoms with van der Waals surface area (Å²) < 4.78 is 0. The number of alkyl halides is 1. The maximum absolute atomic E-state index is 10.1. The summed E-state index contributed by atoms with van der Waals surface area (Å²) in [6.07, 6.45) is 6.24. The van der Waals surface area contributed by atoms with Crippen molar-refractivity contribution in [3.8, 4) is 0 Å². The molecule has 0 radical (unpaired) electrons. The van der Waals surface area contributed by atoms with Gasteiger partial charge in [0.2, 0.25) is 0 Å². The molecule has 0 bridgehead atoms. The second-order valence-electron chi connectivity index (χ2n) is 6.34. The van der Waals surface area contributed by atoms with Crippen LogP contribution in [0.15, 0.2) is 23.8 Å². The summed E-state index contributed by atoms with van der Waals surface area (Å²) in [7, 11) is 0. The van der Waals surface area contributed by atoms with Crippen molar-refractivity contribution in [3.05, 3.63) is 23.8 Å². The Morgan fingerprint density at radius 1 is 1.47 bits per heavy atom. The summed E-state index contributed by atoms with van der Waals surface area (Å²) in [5.74, 6) is 0. The molecule has 0 aromatic heterocycles. The van der Waals surface area contributed by atoms with Crippen LogP contribution in [0, 0.1) is 10.8 Å². The van der Waals surface area contributed by atoms with E-state index in [1.54, 1.807) is 0 Å². The third-order valence-corrected chi connectivity index (χ3v) is 6.89. The summed E-state index contributed by atoms with van der Waals surface area (Å²) in [4.78, 5) is 0.160. The molecule has 0 amide bonds. The Balaban J connectivity index is 2.41. The van der Waals surface area contributed by atoms with E-state index in [-0.39, 0.29) is 21.8 Å². The molecule has 3 atom stereocenters. The first-order valence-corrected chi connectivity index (χ1v) is 7.39. The van der Waals surface area contributed by atoms with Gasteiger partial charge >= 0.3 is 0 Å². The fourth-order valence-electron chi connectivity index (χ4n) is 3.62. The van der Waals surface area contributed by atoms with Crippen LogP contribution in [0.25, 0.3) is 0 Å². The van der Waals surface area contributed by atoms with Crippen LogP contribution in [0.2, 0.25) is 0 Å². The number of rotatable bonds is 0. The van der Waals surface area contributed by atoms with Gasteiger partial charge in [-0.1, -0.05) is 53.6 Å². The Bertz CT molecular complexity index is 369. The molecule has 1 spiro atoms. The lowest BCUT2D eigenvalue weighted by atomic mass is 9.50. The Hall–Kier alpha value is -0.0800. The largest absolute Gasteiger partial charge is 0.392 e. The zero-order chi connectivity index (χ0) is 12.8. The minimum atomic E-state index is -0.296. The number of halogens is 1. The fourth-order valence-corrected chi connectivity index (χ4v) is 4.25. The van der Waals surface area contributed by atoms with E-state index in [1.807, 2.05) is 0 Å². The Kier molecular flexibility index (Phi) is 3.33. The van der Waals surface area contributed by atoms with Gasteiger partial charge in [-0.15, -0.1) is 0 Å². The molecule has 1 fully saturated rings. The van der Waals surface area contributed by atoms with Crippen LogP contribution in [0.1, 0.15) is 46.5 Å². The van der Waals surface area contributed by atoms with Crippen LogP contribution in [-0.2, 0) is 0 Å². The summed E-state index contributed by atoms with van der Waals surface area (Å²) in [5.41, 5.74) is 2.96. The van der Waals surface area contributed by atoms with Gasteiger partial charge in [-0.2, -0.15) is 0 Å². The molecule has 0 saturated heterocycles. The van der Waals surface area contributed by atoms with Crippen molar-refractivity contribution in [2.24, 2.45) is 10.8 Å². The van der Waals surface area contributed by atoms with Gasteiger partial charge in [0, 0.05) is 10.2 Å². The molecule has 2 aliphatic carbocycles. The smallest absolute Gasteiger partial charge is 0.0707 e. The highest BCUT2D eigenvalue weighted by Gasteiger charge is 2.55. The lowest BCUT2D eigenvalue weighted by Gasteiger charge is -2.57. The zero-order valence-corrected chi connectivity index (χ0v) is 12.7. The lowest BCUT2D eigenvalue weighted by Crippen LogP contribution is -2.54. The predicted molar refractivity (Wildman–Crippen MR) is 76.3 cm³/mol. The first-order chi connectivity index (χ1) is 7.81. The number of aliphatic hydroxyl groups is 1. The van der Waals surface area contributed by atoms with E-state index in [4.69, 9.17) is 0 Å². The zero-order valence-electron chi connectivity index (χ0n) is 11.1. The SMILES string of the molecule is C=C1C[C@H](O)[C@H](Br)C(C)(C)[C@]12CC=C(C)CC2. The van der Waals surface area contributed by atoms with Gasteiger partial charge in [0.25, 0.3) is 0 Å². The normalized spacial score (nSPS) is 41.5. The van der Waals surface area contributed by atoms with Crippen LogP contribution in [0.4, 0.5) is 0 Å². The second-order valence-corrected chi connectivity index (χ2v) is 7.32. The van der Waals surface area contributed by atoms with Gasteiger partial charge in [-0.3, -0.25) is 0 Å². The third kappa shape index (κ3) is 1.84. The van der Waals surface area contributed by atoms with E-state index in [0.717, 1.165) is 19.3 Å². The van der Waals surface area contributed by atoms with E-state index >= 15 is 0 Å². The highest BCUT2D eigenvalue weighted by molar-refractivity contribution is 9.09. The summed E-state index contributed by atoms with van der Waals surface area (Å²) in [6.45, 7) is 11.0. The molecule has 1 nitrogen and oxygen atoms in total. The van der Waals surface area contributed by atoms with Gasteiger partial charge < -0.3 is 5.11 Å². The molecule has 0 aromatic rings. The maximum atomic E-state index is 10.1. The van der Waals surface area contributed by atoms with Gasteiger partial charge in [-0.05, 0) is 38.0 Å². The Labute approximate surface area is 113 Å². The van der Waals surface area contributed by atoms with Gasteiger partial charge in [0.05, 0.1) is 6.10 Å². The van der Waals surface area contributed by atoms with Crippen LogP contribution in [-0.4, -0.2) is 16.0 Å². The van der Waals surface area contributed by atoms with Crippen LogP contribution >= 0.6 is 15.9 Å². The average molecular weight is 299 g/mol. The molecular formula is C15H23BrO. The quantitative estimate of drug-likeness (QED) is 0.524. The molecule has 96 valence electrons. The van der Waals surface area contributed by atoms with Crippen molar-refractivity contribution in [2.45, 2.75) is 57.4 Å². The number of aliphatic hydroxyl groups excluding tert-OH is 1. The fraction of sp³-hybridized carbons (Fsp3) is 0.733. The first-order valence-electron chi connectivity index (χ1n) is 6.47. The van der Waals surface area contributed by atoms with E-state index in [9.17, 15) is 5.11 Å². The number of allylic oxidation sites excluding steroid dienone is 2. The van der Waals surface area contributed by atoms with Gasteiger partial charge in [-0.25, -0.2) is 0 Å². The molecule has 17 heavy (non-hydrogen) atoms. The minimum absolute atomic E-state index is 0.0545. The molecule has 2 rings (SSSR count). The van der Waals surface area contributed by atoms with E-state index in [2.05, 4.69) is 49.4 Å². The molecule has 0 unspecified atom stereocenters. The molecule has 0 aromatic carbocycles. The van der Waals surface area contributed by atoms with E-state index < -0.39 is 0 Å². The molecule has 1 N–H and O–H groups in total. The minimum Gasteiger partial charge on any atom is -0.392 e. The van der Waals surface area contributed by atoms with Crippen molar-refractivity contribution in [1.29, 1.82) is 0 Å². The van der Waals surface area contributed by atoms with Crippen molar-refractivity contribution >= 4 is 15.9 Å². The number of hydrogen-bond donors (Lipinski definition) is 1. The van der Waals surface area contributed by atoms with Crippen molar-refractivity contribution < 1.29 is 5.11 Å². The molecular weight excluding hydrogens is 276 g/mol. The average Bonchev–Trinajstić information content (AvgIpc) is 2.27. The number of hydrogen-bond acceptors (Lipinski definition) is 1. The summed E-state index contributed by atoms with van der Waals surface area (Å²) >= 11 is 3.72. The molecule has 2 aliphatic rings. The lowest BCUT2D eigenvalue weighted by molar-refractivity contribution is 0.00123. The summed E-state index contributed by atoms with van der Waals surface area (Å²) in [5, 5.41) is 10.1. The van der Waals surface area contributed by atoms with Gasteiger partial charge in [0.1, 0.15) is 0 Å². The third-order valence-electron chi connectivity index (χ3n) is 5.14.